The molecule has 10 heteroatoms. The van der Waals surface area contributed by atoms with Crippen LogP contribution in [0.25, 0.3) is 20.5 Å². The monoisotopic (exact) mass is 615 g/mol. The van der Waals surface area contributed by atoms with E-state index < -0.39 is 29.2 Å². The summed E-state index contributed by atoms with van der Waals surface area (Å²) in [6.07, 6.45) is -3.73. The first-order valence-corrected chi connectivity index (χ1v) is 15.3. The Morgan fingerprint density at radius 1 is 1.02 bits per heavy atom. The molecule has 5 aromatic rings. The number of aromatic amines is 1. The SMILES string of the molecule is O=C(C(O)c1cccc(C(F)(F)F)c1)N1CCCc2nc(C3(c4cccc(-c5cc6ccccc6s5)c4)CC3)[nH]c(=O)c2C1. The minimum absolute atomic E-state index is 0.0821. The standard InChI is InChI=1S/C34H28F3N3O3S/c35-34(36,37)24-10-4-8-22(17-24)29(41)31(43)40-15-5-11-26-25(19-40)30(42)39-32(38-26)33(13-14-33)23-9-3-7-20(16-23)28-18-21-6-1-2-12-27(21)44-28/h1-4,6-10,12,16-18,29,41H,5,11,13-15,19H2,(H,38,39,42). The van der Waals surface area contributed by atoms with Crippen molar-refractivity contribution in [3.63, 3.8) is 0 Å². The summed E-state index contributed by atoms with van der Waals surface area (Å²) in [7, 11) is 0. The number of nitrogens with one attached hydrogen (secondary N) is 1. The summed E-state index contributed by atoms with van der Waals surface area (Å²) < 4.78 is 40.8. The molecule has 6 nitrogen and oxygen atoms in total. The number of nitrogens with zero attached hydrogens (tertiary/aromatic N) is 2. The van der Waals surface area contributed by atoms with Gasteiger partial charge in [-0.3, -0.25) is 9.59 Å². The van der Waals surface area contributed by atoms with Crippen molar-refractivity contribution in [1.82, 2.24) is 14.9 Å². The summed E-state index contributed by atoms with van der Waals surface area (Å²) in [5.41, 5.74) is 1.31. The van der Waals surface area contributed by atoms with Crippen LogP contribution in [0.15, 0.2) is 83.7 Å². The second-order valence-corrected chi connectivity index (χ2v) is 12.6. The molecule has 1 atom stereocenters. The van der Waals surface area contributed by atoms with Crippen molar-refractivity contribution < 1.29 is 23.1 Å². The van der Waals surface area contributed by atoms with E-state index in [1.54, 1.807) is 11.3 Å². The van der Waals surface area contributed by atoms with Crippen LogP contribution in [0.2, 0.25) is 0 Å². The van der Waals surface area contributed by atoms with Gasteiger partial charge in [-0.1, -0.05) is 48.5 Å². The van der Waals surface area contributed by atoms with Crippen molar-refractivity contribution in [2.24, 2.45) is 0 Å². The topological polar surface area (TPSA) is 86.3 Å². The molecule has 2 N–H and O–H groups in total. The van der Waals surface area contributed by atoms with Crippen LogP contribution in [0.3, 0.4) is 0 Å². The number of aliphatic hydroxyl groups excluding tert-OH is 1. The maximum Gasteiger partial charge on any atom is 0.416 e. The molecule has 0 saturated heterocycles. The first-order valence-electron chi connectivity index (χ1n) is 14.5. The number of hydrogen-bond donors (Lipinski definition) is 2. The average molecular weight is 616 g/mol. The Morgan fingerprint density at radius 2 is 1.82 bits per heavy atom. The molecule has 1 saturated carbocycles. The number of aryl methyl sites for hydroxylation is 1. The number of carbonyl (C=O) groups excluding carboxylic acids is 1. The second kappa shape index (κ2) is 10.7. The first kappa shape index (κ1) is 28.5. The highest BCUT2D eigenvalue weighted by atomic mass is 32.1. The van der Waals surface area contributed by atoms with Crippen molar-refractivity contribution >= 4 is 27.3 Å². The Kier molecular flexibility index (Phi) is 6.93. The predicted octanol–water partition coefficient (Wildman–Crippen LogP) is 6.76. The molecule has 0 radical (unpaired) electrons. The van der Waals surface area contributed by atoms with Gasteiger partial charge in [0.05, 0.1) is 28.8 Å². The van der Waals surface area contributed by atoms with Crippen molar-refractivity contribution in [1.29, 1.82) is 0 Å². The van der Waals surface area contributed by atoms with E-state index in [0.717, 1.165) is 42.2 Å². The molecular weight excluding hydrogens is 587 g/mol. The lowest BCUT2D eigenvalue weighted by Crippen LogP contribution is -2.36. The van der Waals surface area contributed by atoms with Crippen molar-refractivity contribution in [2.75, 3.05) is 6.54 Å². The summed E-state index contributed by atoms with van der Waals surface area (Å²) in [5.74, 6) is -0.143. The Balaban J connectivity index is 1.15. The number of hydrogen-bond acceptors (Lipinski definition) is 5. The number of rotatable bonds is 5. The number of aromatic nitrogens is 2. The van der Waals surface area contributed by atoms with Gasteiger partial charge in [0.25, 0.3) is 11.5 Å². The number of fused-ring (bicyclic) bond motifs is 2. The van der Waals surface area contributed by atoms with Gasteiger partial charge in [0.15, 0.2) is 6.10 Å². The Bertz CT molecular complexity index is 1930. The summed E-state index contributed by atoms with van der Waals surface area (Å²) in [6.45, 7) is 0.156. The predicted molar refractivity (Wildman–Crippen MR) is 162 cm³/mol. The van der Waals surface area contributed by atoms with Crippen molar-refractivity contribution in [2.45, 2.75) is 49.9 Å². The Hall–Kier alpha value is -4.28. The maximum absolute atomic E-state index is 13.5. The van der Waals surface area contributed by atoms with E-state index in [1.165, 1.54) is 25.9 Å². The first-order chi connectivity index (χ1) is 21.1. The summed E-state index contributed by atoms with van der Waals surface area (Å²) in [6, 6.07) is 23.0. The van der Waals surface area contributed by atoms with Crippen LogP contribution in [0, 0.1) is 0 Å². The lowest BCUT2D eigenvalue weighted by molar-refractivity contribution is -0.142. The number of carbonyl (C=O) groups is 1. The Morgan fingerprint density at radius 3 is 2.59 bits per heavy atom. The van der Waals surface area contributed by atoms with Gasteiger partial charge in [0.1, 0.15) is 5.82 Å². The van der Waals surface area contributed by atoms with E-state index in [1.807, 2.05) is 18.2 Å². The van der Waals surface area contributed by atoms with Crippen LogP contribution >= 0.6 is 11.3 Å². The zero-order chi connectivity index (χ0) is 30.6. The Labute approximate surface area is 254 Å². The van der Waals surface area contributed by atoms with Crippen molar-refractivity contribution in [3.8, 4) is 10.4 Å². The van der Waals surface area contributed by atoms with E-state index in [-0.39, 0.29) is 24.2 Å². The van der Waals surface area contributed by atoms with Crippen LogP contribution < -0.4 is 5.56 Å². The van der Waals surface area contributed by atoms with E-state index in [4.69, 9.17) is 4.98 Å². The van der Waals surface area contributed by atoms with E-state index >= 15 is 0 Å². The quantitative estimate of drug-likeness (QED) is 0.229. The van der Waals surface area contributed by atoms with Crippen LogP contribution in [0.1, 0.15) is 59.1 Å². The molecule has 44 heavy (non-hydrogen) atoms. The third-order valence-electron chi connectivity index (χ3n) is 8.70. The molecule has 1 fully saturated rings. The van der Waals surface area contributed by atoms with Gasteiger partial charge in [-0.15, -0.1) is 11.3 Å². The van der Waals surface area contributed by atoms with E-state index in [9.17, 15) is 27.9 Å². The molecule has 0 spiro atoms. The molecule has 1 aliphatic heterocycles. The van der Waals surface area contributed by atoms with Gasteiger partial charge in [-0.05, 0) is 78.1 Å². The number of amides is 1. The lowest BCUT2D eigenvalue weighted by atomic mass is 9.92. The highest BCUT2D eigenvalue weighted by Crippen LogP contribution is 2.53. The molecule has 2 aromatic heterocycles. The molecule has 0 bridgehead atoms. The van der Waals surface area contributed by atoms with Gasteiger partial charge in [0, 0.05) is 16.1 Å². The number of aliphatic hydroxyl groups is 1. The molecule has 1 aliphatic carbocycles. The molecule has 7 rings (SSSR count). The number of benzene rings is 3. The summed E-state index contributed by atoms with van der Waals surface area (Å²) >= 11 is 1.74. The normalized spacial score (nSPS) is 16.8. The third-order valence-corrected chi connectivity index (χ3v) is 9.86. The highest BCUT2D eigenvalue weighted by Gasteiger charge is 2.49. The molecule has 2 aliphatic rings. The fourth-order valence-corrected chi connectivity index (χ4v) is 7.18. The van der Waals surface area contributed by atoms with Crippen LogP contribution in [-0.4, -0.2) is 32.4 Å². The van der Waals surface area contributed by atoms with Crippen LogP contribution in [0.5, 0.6) is 0 Å². The fraction of sp³-hybridized carbons (Fsp3) is 0.265. The third kappa shape index (κ3) is 5.11. The van der Waals surface area contributed by atoms with Gasteiger partial charge in [-0.2, -0.15) is 13.2 Å². The van der Waals surface area contributed by atoms with Crippen LogP contribution in [0.4, 0.5) is 13.2 Å². The summed E-state index contributed by atoms with van der Waals surface area (Å²) in [4.78, 5) is 37.1. The largest absolute Gasteiger partial charge is 0.416 e. The molecule has 1 amide bonds. The van der Waals surface area contributed by atoms with Gasteiger partial charge >= 0.3 is 6.18 Å². The van der Waals surface area contributed by atoms with E-state index in [2.05, 4.69) is 41.4 Å². The second-order valence-electron chi connectivity index (χ2n) is 11.5. The number of thiophene rings is 1. The van der Waals surface area contributed by atoms with Gasteiger partial charge in [-0.25, -0.2) is 4.98 Å². The minimum atomic E-state index is -4.60. The van der Waals surface area contributed by atoms with Gasteiger partial charge < -0.3 is 15.0 Å². The number of alkyl halides is 3. The van der Waals surface area contributed by atoms with E-state index in [0.29, 0.717) is 29.9 Å². The molecular formula is C34H28F3N3O3S. The molecule has 1 unspecified atom stereocenters. The van der Waals surface area contributed by atoms with Crippen LogP contribution in [-0.2, 0) is 29.4 Å². The molecule has 3 heterocycles. The number of H-pyrrole nitrogens is 1. The number of halogens is 3. The van der Waals surface area contributed by atoms with Gasteiger partial charge in [0.2, 0.25) is 0 Å². The molecule has 3 aromatic carbocycles. The average Bonchev–Trinajstić information content (AvgIpc) is 3.77. The zero-order valence-electron chi connectivity index (χ0n) is 23.5. The maximum atomic E-state index is 13.5. The zero-order valence-corrected chi connectivity index (χ0v) is 24.3. The van der Waals surface area contributed by atoms with Crippen molar-refractivity contribution in [3.05, 3.63) is 123 Å². The smallest absolute Gasteiger partial charge is 0.378 e. The fourth-order valence-electron chi connectivity index (χ4n) is 6.12. The summed E-state index contributed by atoms with van der Waals surface area (Å²) in [5, 5.41) is 11.9. The highest BCUT2D eigenvalue weighted by molar-refractivity contribution is 7.22. The molecule has 224 valence electrons. The minimum Gasteiger partial charge on any atom is -0.378 e. The lowest BCUT2D eigenvalue weighted by Gasteiger charge is -2.24.